The Hall–Kier alpha value is -1.68. The number of likely N-dealkylation sites (tertiary alicyclic amines) is 1. The molecule has 0 N–H and O–H groups in total. The van der Waals surface area contributed by atoms with Crippen LogP contribution in [0.25, 0.3) is 0 Å². The second-order valence-corrected chi connectivity index (χ2v) is 7.66. The van der Waals surface area contributed by atoms with Gasteiger partial charge in [0.2, 0.25) is 5.91 Å². The normalized spacial score (nSPS) is 25.8. The first-order valence-electron chi connectivity index (χ1n) is 8.45. The van der Waals surface area contributed by atoms with E-state index in [9.17, 15) is 9.18 Å². The maximum Gasteiger partial charge on any atom is 0.226 e. The predicted octanol–water partition coefficient (Wildman–Crippen LogP) is 5.06. The third kappa shape index (κ3) is 3.00. The SMILES string of the molecule is O=C(C1CC1c1ccc(F)cc1)N1CCCC1c1cccc(Br)c1. The van der Waals surface area contributed by atoms with Gasteiger partial charge in [-0.05, 0) is 60.6 Å². The quantitative estimate of drug-likeness (QED) is 0.720. The number of rotatable bonds is 3. The molecule has 1 amide bonds. The van der Waals surface area contributed by atoms with E-state index in [4.69, 9.17) is 0 Å². The van der Waals surface area contributed by atoms with Gasteiger partial charge in [-0.2, -0.15) is 0 Å². The summed E-state index contributed by atoms with van der Waals surface area (Å²) < 4.78 is 14.1. The Labute approximate surface area is 149 Å². The van der Waals surface area contributed by atoms with Crippen LogP contribution in [-0.4, -0.2) is 17.4 Å². The van der Waals surface area contributed by atoms with Crippen LogP contribution in [0.4, 0.5) is 4.39 Å². The van der Waals surface area contributed by atoms with Crippen LogP contribution in [0.3, 0.4) is 0 Å². The van der Waals surface area contributed by atoms with Gasteiger partial charge in [-0.1, -0.05) is 40.2 Å². The Balaban J connectivity index is 1.49. The van der Waals surface area contributed by atoms with Crippen LogP contribution in [-0.2, 0) is 4.79 Å². The molecule has 2 aromatic carbocycles. The van der Waals surface area contributed by atoms with E-state index in [0.29, 0.717) is 0 Å². The second-order valence-electron chi connectivity index (χ2n) is 6.74. The number of carbonyl (C=O) groups is 1. The van der Waals surface area contributed by atoms with Crippen molar-refractivity contribution < 1.29 is 9.18 Å². The molecule has 0 radical (unpaired) electrons. The van der Waals surface area contributed by atoms with Gasteiger partial charge in [0.15, 0.2) is 0 Å². The first-order chi connectivity index (χ1) is 11.6. The molecule has 1 aliphatic heterocycles. The maximum absolute atomic E-state index is 13.1. The van der Waals surface area contributed by atoms with E-state index >= 15 is 0 Å². The third-order valence-electron chi connectivity index (χ3n) is 5.18. The average Bonchev–Trinajstić information content (AvgIpc) is 3.22. The summed E-state index contributed by atoms with van der Waals surface area (Å²) in [5, 5.41) is 0. The van der Waals surface area contributed by atoms with Crippen molar-refractivity contribution in [1.82, 2.24) is 4.90 Å². The van der Waals surface area contributed by atoms with Crippen molar-refractivity contribution >= 4 is 21.8 Å². The molecular formula is C20H19BrFNO. The van der Waals surface area contributed by atoms with E-state index in [-0.39, 0.29) is 29.6 Å². The zero-order chi connectivity index (χ0) is 16.7. The van der Waals surface area contributed by atoms with Crippen molar-refractivity contribution in [2.45, 2.75) is 31.2 Å². The van der Waals surface area contributed by atoms with E-state index in [2.05, 4.69) is 33.0 Å². The maximum atomic E-state index is 13.1. The molecule has 0 bridgehead atoms. The number of hydrogen-bond donors (Lipinski definition) is 0. The van der Waals surface area contributed by atoms with E-state index in [1.165, 1.54) is 17.7 Å². The Morgan fingerprint density at radius 2 is 1.92 bits per heavy atom. The molecule has 2 aliphatic rings. The first kappa shape index (κ1) is 15.8. The largest absolute Gasteiger partial charge is 0.335 e. The monoisotopic (exact) mass is 387 g/mol. The van der Waals surface area contributed by atoms with Crippen LogP contribution in [0.1, 0.15) is 42.3 Å². The molecule has 4 heteroatoms. The molecule has 0 aromatic heterocycles. The van der Waals surface area contributed by atoms with Gasteiger partial charge >= 0.3 is 0 Å². The molecule has 3 atom stereocenters. The number of amides is 1. The van der Waals surface area contributed by atoms with E-state index in [1.807, 2.05) is 24.3 Å². The Bertz CT molecular complexity index is 760. The minimum Gasteiger partial charge on any atom is -0.335 e. The van der Waals surface area contributed by atoms with Crippen LogP contribution in [0.5, 0.6) is 0 Å². The van der Waals surface area contributed by atoms with E-state index in [1.54, 1.807) is 0 Å². The molecule has 1 heterocycles. The van der Waals surface area contributed by atoms with E-state index < -0.39 is 0 Å². The Morgan fingerprint density at radius 3 is 2.67 bits per heavy atom. The highest BCUT2D eigenvalue weighted by Crippen LogP contribution is 2.50. The lowest BCUT2D eigenvalue weighted by atomic mass is 10.0. The molecule has 2 fully saturated rings. The van der Waals surface area contributed by atoms with Crippen molar-refractivity contribution in [1.29, 1.82) is 0 Å². The number of hydrogen-bond acceptors (Lipinski definition) is 1. The van der Waals surface area contributed by atoms with Gasteiger partial charge in [-0.25, -0.2) is 4.39 Å². The molecule has 0 spiro atoms. The molecular weight excluding hydrogens is 369 g/mol. The molecule has 124 valence electrons. The Kier molecular flexibility index (Phi) is 4.17. The summed E-state index contributed by atoms with van der Waals surface area (Å²) in [6.07, 6.45) is 2.96. The summed E-state index contributed by atoms with van der Waals surface area (Å²) in [7, 11) is 0. The topological polar surface area (TPSA) is 20.3 Å². The number of carbonyl (C=O) groups excluding carboxylic acids is 1. The van der Waals surface area contributed by atoms with Crippen molar-refractivity contribution in [3.05, 3.63) is 69.9 Å². The van der Waals surface area contributed by atoms with Gasteiger partial charge in [0.1, 0.15) is 5.82 Å². The van der Waals surface area contributed by atoms with Crippen LogP contribution in [0, 0.1) is 11.7 Å². The summed E-state index contributed by atoms with van der Waals surface area (Å²) in [6, 6.07) is 15.0. The lowest BCUT2D eigenvalue weighted by Crippen LogP contribution is -2.32. The molecule has 1 saturated heterocycles. The predicted molar refractivity (Wildman–Crippen MR) is 95.1 cm³/mol. The van der Waals surface area contributed by atoms with Crippen LogP contribution in [0.2, 0.25) is 0 Å². The van der Waals surface area contributed by atoms with Crippen molar-refractivity contribution in [2.24, 2.45) is 5.92 Å². The average molecular weight is 388 g/mol. The van der Waals surface area contributed by atoms with Crippen molar-refractivity contribution in [2.75, 3.05) is 6.54 Å². The first-order valence-corrected chi connectivity index (χ1v) is 9.24. The third-order valence-corrected chi connectivity index (χ3v) is 5.67. The van der Waals surface area contributed by atoms with Gasteiger partial charge in [0.25, 0.3) is 0 Å². The van der Waals surface area contributed by atoms with E-state index in [0.717, 1.165) is 35.8 Å². The minimum absolute atomic E-state index is 0.0585. The number of nitrogens with zero attached hydrogens (tertiary/aromatic N) is 1. The Morgan fingerprint density at radius 1 is 1.12 bits per heavy atom. The summed E-state index contributed by atoms with van der Waals surface area (Å²) in [5.41, 5.74) is 2.28. The van der Waals surface area contributed by atoms with Gasteiger partial charge in [0, 0.05) is 16.9 Å². The summed E-state index contributed by atoms with van der Waals surface area (Å²) in [5.74, 6) is 0.341. The lowest BCUT2D eigenvalue weighted by Gasteiger charge is -2.25. The van der Waals surface area contributed by atoms with Gasteiger partial charge < -0.3 is 4.90 Å². The minimum atomic E-state index is -0.225. The van der Waals surface area contributed by atoms with Gasteiger partial charge in [-0.3, -0.25) is 4.79 Å². The second kappa shape index (κ2) is 6.32. The lowest BCUT2D eigenvalue weighted by molar-refractivity contribution is -0.133. The summed E-state index contributed by atoms with van der Waals surface area (Å²) in [6.45, 7) is 0.836. The van der Waals surface area contributed by atoms with Gasteiger partial charge in [-0.15, -0.1) is 0 Å². The zero-order valence-electron chi connectivity index (χ0n) is 13.3. The molecule has 2 nitrogen and oxygen atoms in total. The van der Waals surface area contributed by atoms with Gasteiger partial charge in [0.05, 0.1) is 6.04 Å². The summed E-state index contributed by atoms with van der Waals surface area (Å²) >= 11 is 3.52. The fourth-order valence-electron chi connectivity index (χ4n) is 3.85. The van der Waals surface area contributed by atoms with Crippen LogP contribution >= 0.6 is 15.9 Å². The number of benzene rings is 2. The van der Waals surface area contributed by atoms with Crippen molar-refractivity contribution in [3.8, 4) is 0 Å². The highest BCUT2D eigenvalue weighted by Gasteiger charge is 2.47. The molecule has 2 aromatic rings. The van der Waals surface area contributed by atoms with Crippen molar-refractivity contribution in [3.63, 3.8) is 0 Å². The summed E-state index contributed by atoms with van der Waals surface area (Å²) in [4.78, 5) is 15.0. The standard InChI is InChI=1S/C20H19BrFNO/c21-15-4-1-3-14(11-15)19-5-2-10-23(19)20(24)18-12-17(18)13-6-8-16(22)9-7-13/h1,3-4,6-9,11,17-19H,2,5,10,12H2. The molecule has 4 rings (SSSR count). The molecule has 1 aliphatic carbocycles. The molecule has 1 saturated carbocycles. The highest BCUT2D eigenvalue weighted by atomic mass is 79.9. The molecule has 3 unspecified atom stereocenters. The fourth-order valence-corrected chi connectivity index (χ4v) is 4.27. The molecule has 24 heavy (non-hydrogen) atoms. The zero-order valence-corrected chi connectivity index (χ0v) is 14.9. The fraction of sp³-hybridized carbons (Fsp3) is 0.350. The van der Waals surface area contributed by atoms with Crippen LogP contribution < -0.4 is 0 Å². The highest BCUT2D eigenvalue weighted by molar-refractivity contribution is 9.10. The number of halogens is 2. The smallest absolute Gasteiger partial charge is 0.226 e. The van der Waals surface area contributed by atoms with Crippen LogP contribution in [0.15, 0.2) is 53.0 Å².